The molecule has 3 heterocycles. The van der Waals surface area contributed by atoms with Crippen molar-refractivity contribution in [3.63, 3.8) is 0 Å². The van der Waals surface area contributed by atoms with Crippen molar-refractivity contribution in [2.45, 2.75) is 38.8 Å². The van der Waals surface area contributed by atoms with Gasteiger partial charge >= 0.3 is 5.69 Å². The number of carbonyl (C=O) groups excluding carboxylic acids is 1. The van der Waals surface area contributed by atoms with E-state index >= 15 is 0 Å². The lowest BCUT2D eigenvalue weighted by Gasteiger charge is -2.33. The third-order valence-electron chi connectivity index (χ3n) is 5.01. The van der Waals surface area contributed by atoms with E-state index in [-0.39, 0.29) is 24.2 Å². The number of likely N-dealkylation sites (tertiary alicyclic amines) is 1. The first-order valence-corrected chi connectivity index (χ1v) is 8.40. The summed E-state index contributed by atoms with van der Waals surface area (Å²) in [5.41, 5.74) is 1.49. The molecule has 126 valence electrons. The fourth-order valence-corrected chi connectivity index (χ4v) is 3.66. The molecular weight excluding hydrogens is 306 g/mol. The second kappa shape index (κ2) is 5.51. The zero-order valence-corrected chi connectivity index (χ0v) is 14.0. The lowest BCUT2D eigenvalue weighted by molar-refractivity contribution is -0.135. The fourth-order valence-electron chi connectivity index (χ4n) is 3.66. The maximum atomic E-state index is 12.7. The Morgan fingerprint density at radius 1 is 1.25 bits per heavy atom. The van der Waals surface area contributed by atoms with Gasteiger partial charge in [0, 0.05) is 19.6 Å². The molecule has 7 nitrogen and oxygen atoms in total. The van der Waals surface area contributed by atoms with Crippen LogP contribution in [0.25, 0.3) is 16.8 Å². The van der Waals surface area contributed by atoms with Crippen molar-refractivity contribution >= 4 is 22.7 Å². The van der Waals surface area contributed by atoms with Crippen molar-refractivity contribution in [2.75, 3.05) is 6.54 Å². The SMILES string of the molecule is C[C@@H]1CCCCN1C(=O)Cn1nc2n(C)c3ccccc3n2c1=O. The van der Waals surface area contributed by atoms with E-state index in [1.165, 1.54) is 4.68 Å². The Kier molecular flexibility index (Phi) is 3.44. The van der Waals surface area contributed by atoms with Gasteiger partial charge in [0.2, 0.25) is 11.7 Å². The van der Waals surface area contributed by atoms with Crippen molar-refractivity contribution in [1.82, 2.24) is 23.6 Å². The second-order valence-electron chi connectivity index (χ2n) is 6.56. The highest BCUT2D eigenvalue weighted by Crippen LogP contribution is 2.18. The third-order valence-corrected chi connectivity index (χ3v) is 5.01. The van der Waals surface area contributed by atoms with Gasteiger partial charge in [-0.05, 0) is 38.3 Å². The normalized spacial score (nSPS) is 18.6. The lowest BCUT2D eigenvalue weighted by atomic mass is 10.0. The van der Waals surface area contributed by atoms with Gasteiger partial charge in [0.15, 0.2) is 0 Å². The fraction of sp³-hybridized carbons (Fsp3) is 0.471. The zero-order chi connectivity index (χ0) is 16.8. The molecule has 7 heteroatoms. The van der Waals surface area contributed by atoms with Gasteiger partial charge in [-0.3, -0.25) is 4.79 Å². The van der Waals surface area contributed by atoms with Crippen LogP contribution in [0.5, 0.6) is 0 Å². The Morgan fingerprint density at radius 3 is 2.75 bits per heavy atom. The Bertz CT molecular complexity index is 980. The van der Waals surface area contributed by atoms with Crippen LogP contribution in [-0.2, 0) is 18.4 Å². The van der Waals surface area contributed by atoms with Gasteiger partial charge in [-0.2, -0.15) is 0 Å². The van der Waals surface area contributed by atoms with Gasteiger partial charge in [-0.25, -0.2) is 13.9 Å². The number of nitrogens with zero attached hydrogens (tertiary/aromatic N) is 5. The number of aryl methyl sites for hydroxylation is 1. The molecule has 1 aliphatic heterocycles. The number of piperidine rings is 1. The molecule has 4 rings (SSSR count). The van der Waals surface area contributed by atoms with Crippen molar-refractivity contribution in [3.05, 3.63) is 34.7 Å². The maximum absolute atomic E-state index is 12.7. The summed E-state index contributed by atoms with van der Waals surface area (Å²) in [5.74, 6) is 0.526. The second-order valence-corrected chi connectivity index (χ2v) is 6.56. The van der Waals surface area contributed by atoms with Gasteiger partial charge in [0.25, 0.3) is 0 Å². The first kappa shape index (κ1) is 15.0. The summed E-state index contributed by atoms with van der Waals surface area (Å²) in [6.45, 7) is 2.83. The molecule has 0 N–H and O–H groups in total. The van der Waals surface area contributed by atoms with Crippen LogP contribution in [-0.4, -0.2) is 42.1 Å². The molecule has 1 atom stereocenters. The smallest absolute Gasteiger partial charge is 0.338 e. The number of carbonyl (C=O) groups is 1. The summed E-state index contributed by atoms with van der Waals surface area (Å²) in [6.07, 6.45) is 3.21. The molecule has 0 spiro atoms. The number of benzene rings is 1. The van der Waals surface area contributed by atoms with E-state index < -0.39 is 0 Å². The highest BCUT2D eigenvalue weighted by Gasteiger charge is 2.25. The standard InChI is InChI=1S/C17H21N5O2/c1-12-7-5-6-10-20(12)15(23)11-21-17(24)22-14-9-4-3-8-13(14)19(2)16(22)18-21/h3-4,8-9,12H,5-7,10-11H2,1-2H3/t12-/m1/s1. The molecule has 0 radical (unpaired) electrons. The number of fused-ring (bicyclic) bond motifs is 3. The molecule has 3 aromatic rings. The Hall–Kier alpha value is -2.57. The number of rotatable bonds is 2. The highest BCUT2D eigenvalue weighted by molar-refractivity contribution is 5.80. The third kappa shape index (κ3) is 2.15. The number of imidazole rings is 1. The molecule has 24 heavy (non-hydrogen) atoms. The molecule has 1 saturated heterocycles. The Morgan fingerprint density at radius 2 is 2.00 bits per heavy atom. The van der Waals surface area contributed by atoms with Crippen molar-refractivity contribution in [3.8, 4) is 0 Å². The van der Waals surface area contributed by atoms with E-state index in [2.05, 4.69) is 12.0 Å². The molecule has 0 bridgehead atoms. The number of hydrogen-bond donors (Lipinski definition) is 0. The largest absolute Gasteiger partial charge is 0.352 e. The van der Waals surface area contributed by atoms with Crippen LogP contribution in [0.4, 0.5) is 0 Å². The summed E-state index contributed by atoms with van der Waals surface area (Å²) in [5, 5.41) is 4.39. The van der Waals surface area contributed by atoms with Crippen LogP contribution in [0.3, 0.4) is 0 Å². The monoisotopic (exact) mass is 327 g/mol. The molecule has 0 unspecified atom stereocenters. The lowest BCUT2D eigenvalue weighted by Crippen LogP contribution is -2.44. The quantitative estimate of drug-likeness (QED) is 0.714. The van der Waals surface area contributed by atoms with Crippen LogP contribution in [0, 0.1) is 0 Å². The minimum Gasteiger partial charge on any atom is -0.338 e. The van der Waals surface area contributed by atoms with Gasteiger partial charge < -0.3 is 9.47 Å². The average Bonchev–Trinajstić information content (AvgIpc) is 3.05. The highest BCUT2D eigenvalue weighted by atomic mass is 16.2. The zero-order valence-electron chi connectivity index (χ0n) is 14.0. The molecule has 1 fully saturated rings. The first-order valence-electron chi connectivity index (χ1n) is 8.40. The van der Waals surface area contributed by atoms with Crippen LogP contribution in [0.2, 0.25) is 0 Å². The summed E-state index contributed by atoms with van der Waals surface area (Å²) in [4.78, 5) is 27.2. The summed E-state index contributed by atoms with van der Waals surface area (Å²) in [6, 6.07) is 7.91. The predicted octanol–water partition coefficient (Wildman–Crippen LogP) is 1.39. The van der Waals surface area contributed by atoms with E-state index in [4.69, 9.17) is 0 Å². The summed E-state index contributed by atoms with van der Waals surface area (Å²) >= 11 is 0. The minimum atomic E-state index is -0.264. The summed E-state index contributed by atoms with van der Waals surface area (Å²) in [7, 11) is 1.88. The Balaban J connectivity index is 1.73. The molecule has 2 aromatic heterocycles. The number of amides is 1. The van der Waals surface area contributed by atoms with E-state index in [1.807, 2.05) is 40.8 Å². The first-order chi connectivity index (χ1) is 11.6. The van der Waals surface area contributed by atoms with Crippen molar-refractivity contribution in [1.29, 1.82) is 0 Å². The summed E-state index contributed by atoms with van der Waals surface area (Å²) < 4.78 is 4.73. The van der Waals surface area contributed by atoms with E-state index in [1.54, 1.807) is 4.40 Å². The van der Waals surface area contributed by atoms with E-state index in [0.29, 0.717) is 5.78 Å². The molecule has 1 amide bonds. The van der Waals surface area contributed by atoms with Gasteiger partial charge in [0.05, 0.1) is 11.0 Å². The number of para-hydroxylation sites is 2. The van der Waals surface area contributed by atoms with Gasteiger partial charge in [0.1, 0.15) is 6.54 Å². The van der Waals surface area contributed by atoms with Crippen molar-refractivity contribution < 1.29 is 4.79 Å². The average molecular weight is 327 g/mol. The van der Waals surface area contributed by atoms with Crippen LogP contribution < -0.4 is 5.69 Å². The molecular formula is C17H21N5O2. The van der Waals surface area contributed by atoms with Gasteiger partial charge in [-0.15, -0.1) is 5.10 Å². The number of aromatic nitrogens is 4. The van der Waals surface area contributed by atoms with Crippen LogP contribution in [0.15, 0.2) is 29.1 Å². The molecule has 1 aliphatic rings. The molecule has 1 aromatic carbocycles. The molecule has 0 saturated carbocycles. The van der Waals surface area contributed by atoms with Crippen LogP contribution >= 0.6 is 0 Å². The maximum Gasteiger partial charge on any atom is 0.352 e. The van der Waals surface area contributed by atoms with E-state index in [9.17, 15) is 9.59 Å². The predicted molar refractivity (Wildman–Crippen MR) is 91.0 cm³/mol. The topological polar surface area (TPSA) is 64.5 Å². The number of hydrogen-bond acceptors (Lipinski definition) is 3. The van der Waals surface area contributed by atoms with Crippen molar-refractivity contribution in [2.24, 2.45) is 7.05 Å². The Labute approximate surface area is 139 Å². The van der Waals surface area contributed by atoms with Crippen LogP contribution in [0.1, 0.15) is 26.2 Å². The van der Waals surface area contributed by atoms with Gasteiger partial charge in [-0.1, -0.05) is 12.1 Å². The van der Waals surface area contributed by atoms with E-state index in [0.717, 1.165) is 36.8 Å². The minimum absolute atomic E-state index is 0.000813. The molecule has 0 aliphatic carbocycles.